The van der Waals surface area contributed by atoms with Crippen LogP contribution in [0.25, 0.3) is 0 Å². The molecule has 4 N–H and O–H groups in total. The van der Waals surface area contributed by atoms with Crippen molar-refractivity contribution in [2.75, 3.05) is 6.61 Å². The quantitative estimate of drug-likeness (QED) is 0.639. The van der Waals surface area contributed by atoms with Crippen molar-refractivity contribution in [1.29, 1.82) is 0 Å². The van der Waals surface area contributed by atoms with Gasteiger partial charge in [0.25, 0.3) is 0 Å². The van der Waals surface area contributed by atoms with Crippen LogP contribution in [0.15, 0.2) is 12.3 Å². The third-order valence-corrected chi connectivity index (χ3v) is 4.45. The standard InChI is InChI=1S/C12H22N3O5P/c1-3-8-7(2)9(6-19-21(17)18)20-11(8)15-5-4-10(13)14-12(15)16/h4-5,7-11,21H,3,6,13H2,1-2H3,(H,14,16)(H,17,18)/t7?,8?,9-,10?,11-/m1/s1. The van der Waals surface area contributed by atoms with E-state index in [0.717, 1.165) is 6.42 Å². The van der Waals surface area contributed by atoms with Crippen LogP contribution in [-0.4, -0.2) is 40.9 Å². The van der Waals surface area contributed by atoms with E-state index in [2.05, 4.69) is 5.32 Å². The zero-order chi connectivity index (χ0) is 15.6. The Morgan fingerprint density at radius 1 is 1.62 bits per heavy atom. The van der Waals surface area contributed by atoms with Crippen LogP contribution >= 0.6 is 8.25 Å². The highest BCUT2D eigenvalue weighted by molar-refractivity contribution is 7.32. The van der Waals surface area contributed by atoms with E-state index in [1.807, 2.05) is 13.8 Å². The van der Waals surface area contributed by atoms with Gasteiger partial charge in [-0.3, -0.25) is 9.46 Å². The first-order chi connectivity index (χ1) is 9.93. The van der Waals surface area contributed by atoms with Crippen molar-refractivity contribution in [2.24, 2.45) is 17.6 Å². The van der Waals surface area contributed by atoms with Crippen LogP contribution in [0.4, 0.5) is 4.79 Å². The zero-order valence-electron chi connectivity index (χ0n) is 12.1. The number of amides is 2. The molecule has 0 saturated carbocycles. The molecule has 9 heteroatoms. The van der Waals surface area contributed by atoms with Crippen molar-refractivity contribution < 1.29 is 23.5 Å². The molecule has 0 bridgehead atoms. The molecule has 8 nitrogen and oxygen atoms in total. The minimum Gasteiger partial charge on any atom is -0.352 e. The maximum Gasteiger partial charge on any atom is 0.325 e. The molecule has 0 radical (unpaired) electrons. The summed E-state index contributed by atoms with van der Waals surface area (Å²) >= 11 is 0. The fourth-order valence-corrected chi connectivity index (χ4v) is 3.15. The van der Waals surface area contributed by atoms with Crippen LogP contribution in [0, 0.1) is 11.8 Å². The molecule has 6 atom stereocenters. The molecular weight excluding hydrogens is 297 g/mol. The maximum absolute atomic E-state index is 12.0. The van der Waals surface area contributed by atoms with Crippen molar-refractivity contribution in [1.82, 2.24) is 10.2 Å². The minimum absolute atomic E-state index is 0.0428. The minimum atomic E-state index is -2.98. The first-order valence-electron chi connectivity index (χ1n) is 6.98. The summed E-state index contributed by atoms with van der Waals surface area (Å²) in [4.78, 5) is 22.3. The number of nitrogens with zero attached hydrogens (tertiary/aromatic N) is 1. The van der Waals surface area contributed by atoms with Gasteiger partial charge in [0.1, 0.15) is 6.23 Å². The normalized spacial score (nSPS) is 37.6. The number of hydrogen-bond donors (Lipinski definition) is 3. The Kier molecular flexibility index (Phi) is 5.40. The summed E-state index contributed by atoms with van der Waals surface area (Å²) in [5.74, 6) is 0.225. The number of ether oxygens (including phenoxy) is 1. The number of urea groups is 1. The van der Waals surface area contributed by atoms with Gasteiger partial charge < -0.3 is 25.2 Å². The lowest BCUT2D eigenvalue weighted by molar-refractivity contribution is -0.0478. The van der Waals surface area contributed by atoms with Crippen molar-refractivity contribution in [3.05, 3.63) is 12.3 Å². The SMILES string of the molecule is CCC1C(C)[C@@H](CO[PH](=O)O)O[C@H]1N1C=CC(N)NC1=O. The van der Waals surface area contributed by atoms with Crippen molar-refractivity contribution in [2.45, 2.75) is 38.8 Å². The van der Waals surface area contributed by atoms with Crippen LogP contribution in [0.5, 0.6) is 0 Å². The summed E-state index contributed by atoms with van der Waals surface area (Å²) in [6.45, 7) is 4.06. The van der Waals surface area contributed by atoms with Gasteiger partial charge in [0.05, 0.1) is 18.9 Å². The molecule has 0 aromatic rings. The van der Waals surface area contributed by atoms with Gasteiger partial charge in [-0.2, -0.15) is 0 Å². The Bertz CT molecular complexity index is 447. The second kappa shape index (κ2) is 6.89. The van der Waals surface area contributed by atoms with E-state index in [1.165, 1.54) is 4.90 Å². The van der Waals surface area contributed by atoms with Crippen LogP contribution < -0.4 is 11.1 Å². The van der Waals surface area contributed by atoms with Gasteiger partial charge in [-0.05, 0) is 18.4 Å². The van der Waals surface area contributed by atoms with Crippen LogP contribution in [-0.2, 0) is 13.8 Å². The molecule has 2 heterocycles. The topological polar surface area (TPSA) is 114 Å². The van der Waals surface area contributed by atoms with E-state index >= 15 is 0 Å². The highest BCUT2D eigenvalue weighted by atomic mass is 31.1. The van der Waals surface area contributed by atoms with Crippen LogP contribution in [0.2, 0.25) is 0 Å². The van der Waals surface area contributed by atoms with E-state index in [4.69, 9.17) is 19.9 Å². The average Bonchev–Trinajstić information content (AvgIpc) is 2.72. The lowest BCUT2D eigenvalue weighted by atomic mass is 9.89. The summed E-state index contributed by atoms with van der Waals surface area (Å²) < 4.78 is 21.4. The Labute approximate surface area is 124 Å². The van der Waals surface area contributed by atoms with E-state index < -0.39 is 20.6 Å². The molecule has 120 valence electrons. The summed E-state index contributed by atoms with van der Waals surface area (Å²) in [7, 11) is -2.98. The monoisotopic (exact) mass is 319 g/mol. The molecule has 0 aromatic heterocycles. The first-order valence-corrected chi connectivity index (χ1v) is 8.24. The van der Waals surface area contributed by atoms with Gasteiger partial charge in [-0.15, -0.1) is 0 Å². The molecule has 21 heavy (non-hydrogen) atoms. The fourth-order valence-electron chi connectivity index (χ4n) is 2.85. The predicted octanol–water partition coefficient (Wildman–Crippen LogP) is 0.596. The van der Waals surface area contributed by atoms with Gasteiger partial charge >= 0.3 is 14.3 Å². The number of carbonyl (C=O) groups excluding carboxylic acids is 1. The fraction of sp³-hybridized carbons (Fsp3) is 0.750. The summed E-state index contributed by atoms with van der Waals surface area (Å²) in [6.07, 6.45) is 2.88. The Hall–Kier alpha value is -0.920. The van der Waals surface area contributed by atoms with Gasteiger partial charge in [0.2, 0.25) is 0 Å². The summed E-state index contributed by atoms with van der Waals surface area (Å²) in [6, 6.07) is -0.307. The van der Waals surface area contributed by atoms with Crippen molar-refractivity contribution in [3.8, 4) is 0 Å². The average molecular weight is 319 g/mol. The molecule has 4 unspecified atom stereocenters. The first kappa shape index (κ1) is 16.5. The molecular formula is C12H22N3O5P. The van der Waals surface area contributed by atoms with Crippen molar-refractivity contribution >= 4 is 14.3 Å². The highest BCUT2D eigenvalue weighted by Crippen LogP contribution is 2.38. The zero-order valence-corrected chi connectivity index (χ0v) is 13.1. The van der Waals surface area contributed by atoms with Gasteiger partial charge in [0.15, 0.2) is 0 Å². The second-order valence-corrected chi connectivity index (χ2v) is 6.12. The highest BCUT2D eigenvalue weighted by Gasteiger charge is 2.45. The smallest absolute Gasteiger partial charge is 0.325 e. The van der Waals surface area contributed by atoms with E-state index in [1.54, 1.807) is 12.3 Å². The Balaban J connectivity index is 2.10. The lowest BCUT2D eigenvalue weighted by Crippen LogP contribution is -2.53. The van der Waals surface area contributed by atoms with Gasteiger partial charge in [-0.25, -0.2) is 4.79 Å². The summed E-state index contributed by atoms with van der Waals surface area (Å²) in [5, 5.41) is 2.61. The van der Waals surface area contributed by atoms with Gasteiger partial charge in [-0.1, -0.05) is 13.8 Å². The van der Waals surface area contributed by atoms with Crippen molar-refractivity contribution in [3.63, 3.8) is 0 Å². The Morgan fingerprint density at radius 3 is 2.90 bits per heavy atom. The predicted molar refractivity (Wildman–Crippen MR) is 76.3 cm³/mol. The number of nitrogens with two attached hydrogens (primary N) is 1. The third kappa shape index (κ3) is 3.64. The number of nitrogens with one attached hydrogen (secondary N) is 1. The molecule has 0 spiro atoms. The van der Waals surface area contributed by atoms with E-state index in [9.17, 15) is 9.36 Å². The lowest BCUT2D eigenvalue weighted by Gasteiger charge is -2.33. The van der Waals surface area contributed by atoms with E-state index in [0.29, 0.717) is 0 Å². The molecule has 1 fully saturated rings. The largest absolute Gasteiger partial charge is 0.352 e. The molecule has 2 aliphatic rings. The summed E-state index contributed by atoms with van der Waals surface area (Å²) in [5.41, 5.74) is 5.62. The molecule has 2 rings (SSSR count). The maximum atomic E-state index is 12.0. The third-order valence-electron chi connectivity index (χ3n) is 4.04. The molecule has 0 aromatic carbocycles. The number of rotatable bonds is 5. The van der Waals surface area contributed by atoms with Crippen LogP contribution in [0.1, 0.15) is 20.3 Å². The van der Waals surface area contributed by atoms with Crippen LogP contribution in [0.3, 0.4) is 0 Å². The molecule has 0 aliphatic carbocycles. The van der Waals surface area contributed by atoms with E-state index in [-0.39, 0.29) is 30.6 Å². The van der Waals surface area contributed by atoms with Gasteiger partial charge in [0, 0.05) is 12.1 Å². The number of hydrogen-bond acceptors (Lipinski definition) is 5. The molecule has 1 saturated heterocycles. The molecule has 2 amide bonds. The Morgan fingerprint density at radius 2 is 2.33 bits per heavy atom. The second-order valence-electron chi connectivity index (χ2n) is 5.30. The molecule has 2 aliphatic heterocycles. The number of carbonyl (C=O) groups is 1.